The molecule has 0 saturated heterocycles. The van der Waals surface area contributed by atoms with Crippen LogP contribution in [-0.4, -0.2) is 13.1 Å². The second kappa shape index (κ2) is 4.40. The molecule has 16 heavy (non-hydrogen) atoms. The lowest BCUT2D eigenvalue weighted by molar-refractivity contribution is 0.848. The number of nitrogens with zero attached hydrogens (tertiary/aromatic N) is 1. The summed E-state index contributed by atoms with van der Waals surface area (Å²) in [7, 11) is 2.11. The van der Waals surface area contributed by atoms with Crippen LogP contribution < -0.4 is 4.90 Å². The van der Waals surface area contributed by atoms with Crippen molar-refractivity contribution >= 4 is 5.69 Å². The molecular weight excluding hydrogens is 194 g/mol. The summed E-state index contributed by atoms with van der Waals surface area (Å²) in [6.07, 6.45) is 6.40. The standard InChI is InChI=1S/C15H17N/c1-12-8-7-11-15(13(12)2)16(3)14-9-5-4-6-10-14/h4-11,15H,2H2,1,3H3. The molecule has 1 aromatic rings. The van der Waals surface area contributed by atoms with Crippen LogP contribution in [0.5, 0.6) is 0 Å². The number of anilines is 1. The monoisotopic (exact) mass is 211 g/mol. The summed E-state index contributed by atoms with van der Waals surface area (Å²) < 4.78 is 0. The van der Waals surface area contributed by atoms with E-state index < -0.39 is 0 Å². The number of benzene rings is 1. The molecule has 0 bridgehead atoms. The maximum atomic E-state index is 4.16. The molecule has 0 spiro atoms. The third-order valence-corrected chi connectivity index (χ3v) is 3.08. The molecule has 0 amide bonds. The summed E-state index contributed by atoms with van der Waals surface area (Å²) in [6, 6.07) is 10.7. The minimum atomic E-state index is 0.271. The molecule has 1 aliphatic rings. The van der Waals surface area contributed by atoms with Crippen LogP contribution in [0.25, 0.3) is 0 Å². The van der Waals surface area contributed by atoms with Gasteiger partial charge in [0.05, 0.1) is 6.04 Å². The molecule has 1 nitrogen and oxygen atoms in total. The summed E-state index contributed by atoms with van der Waals surface area (Å²) in [6.45, 7) is 6.27. The first kappa shape index (κ1) is 10.7. The highest BCUT2D eigenvalue weighted by Gasteiger charge is 2.18. The molecule has 2 rings (SSSR count). The Morgan fingerprint density at radius 3 is 2.56 bits per heavy atom. The Bertz CT molecular complexity index is 440. The second-order valence-electron chi connectivity index (χ2n) is 4.15. The van der Waals surface area contributed by atoms with E-state index in [1.165, 1.54) is 16.8 Å². The van der Waals surface area contributed by atoms with Crippen LogP contribution in [0, 0.1) is 0 Å². The zero-order valence-corrected chi connectivity index (χ0v) is 9.85. The topological polar surface area (TPSA) is 3.24 Å². The van der Waals surface area contributed by atoms with E-state index in [4.69, 9.17) is 0 Å². The average molecular weight is 211 g/mol. The Balaban J connectivity index is 2.24. The average Bonchev–Trinajstić information content (AvgIpc) is 2.33. The van der Waals surface area contributed by atoms with E-state index in [9.17, 15) is 0 Å². The largest absolute Gasteiger partial charge is 0.364 e. The fourth-order valence-corrected chi connectivity index (χ4v) is 1.95. The SMILES string of the molecule is C=C1C(C)=CC=CC1N(C)c1ccccc1. The summed E-state index contributed by atoms with van der Waals surface area (Å²) >= 11 is 0. The van der Waals surface area contributed by atoms with E-state index in [1.807, 2.05) is 6.07 Å². The lowest BCUT2D eigenvalue weighted by Crippen LogP contribution is -2.32. The van der Waals surface area contributed by atoms with Crippen LogP contribution in [0.4, 0.5) is 5.69 Å². The van der Waals surface area contributed by atoms with E-state index in [0.717, 1.165) is 0 Å². The molecule has 1 unspecified atom stereocenters. The minimum Gasteiger partial charge on any atom is -0.364 e. The van der Waals surface area contributed by atoms with Gasteiger partial charge in [0.25, 0.3) is 0 Å². The Morgan fingerprint density at radius 2 is 1.88 bits per heavy atom. The predicted molar refractivity (Wildman–Crippen MR) is 70.7 cm³/mol. The molecule has 0 aliphatic heterocycles. The van der Waals surface area contributed by atoms with Gasteiger partial charge in [-0.3, -0.25) is 0 Å². The maximum Gasteiger partial charge on any atom is 0.0723 e. The minimum absolute atomic E-state index is 0.271. The van der Waals surface area contributed by atoms with E-state index in [-0.39, 0.29) is 6.04 Å². The fourth-order valence-electron chi connectivity index (χ4n) is 1.95. The molecule has 0 radical (unpaired) electrons. The number of likely N-dealkylation sites (N-methyl/N-ethyl adjacent to an activating group) is 1. The van der Waals surface area contributed by atoms with Crippen LogP contribution in [0.15, 0.2) is 66.3 Å². The molecule has 0 N–H and O–H groups in total. The van der Waals surface area contributed by atoms with Crippen LogP contribution in [0.1, 0.15) is 6.92 Å². The molecule has 0 saturated carbocycles. The van der Waals surface area contributed by atoms with Gasteiger partial charge in [-0.1, -0.05) is 43.0 Å². The molecule has 0 fully saturated rings. The third kappa shape index (κ3) is 1.94. The zero-order chi connectivity index (χ0) is 11.5. The van der Waals surface area contributed by atoms with Crippen molar-refractivity contribution in [3.63, 3.8) is 0 Å². The van der Waals surface area contributed by atoms with E-state index in [1.54, 1.807) is 0 Å². The number of para-hydroxylation sites is 1. The number of hydrogen-bond acceptors (Lipinski definition) is 1. The molecule has 1 aromatic carbocycles. The Kier molecular flexibility index (Phi) is 2.95. The third-order valence-electron chi connectivity index (χ3n) is 3.08. The van der Waals surface area contributed by atoms with E-state index in [2.05, 4.69) is 67.9 Å². The van der Waals surface area contributed by atoms with E-state index in [0.29, 0.717) is 0 Å². The fraction of sp³-hybridized carbons (Fsp3) is 0.200. The highest BCUT2D eigenvalue weighted by Crippen LogP contribution is 2.25. The number of allylic oxidation sites excluding steroid dienone is 2. The molecule has 0 heterocycles. The van der Waals surface area contributed by atoms with Crippen LogP contribution in [0.3, 0.4) is 0 Å². The van der Waals surface area contributed by atoms with Gasteiger partial charge in [0.15, 0.2) is 0 Å². The Hall–Kier alpha value is -1.76. The normalized spacial score (nSPS) is 19.5. The first-order valence-corrected chi connectivity index (χ1v) is 5.52. The van der Waals surface area contributed by atoms with Gasteiger partial charge in [-0.15, -0.1) is 0 Å². The van der Waals surface area contributed by atoms with Crippen molar-refractivity contribution in [2.24, 2.45) is 0 Å². The van der Waals surface area contributed by atoms with Crippen molar-refractivity contribution in [3.8, 4) is 0 Å². The van der Waals surface area contributed by atoms with Crippen molar-refractivity contribution in [1.82, 2.24) is 0 Å². The molecule has 82 valence electrons. The quantitative estimate of drug-likeness (QED) is 0.723. The van der Waals surface area contributed by atoms with Gasteiger partial charge in [0, 0.05) is 12.7 Å². The van der Waals surface area contributed by atoms with Gasteiger partial charge in [-0.25, -0.2) is 0 Å². The molecule has 1 atom stereocenters. The van der Waals surface area contributed by atoms with Gasteiger partial charge >= 0.3 is 0 Å². The predicted octanol–water partition coefficient (Wildman–Crippen LogP) is 3.56. The van der Waals surface area contributed by atoms with Crippen LogP contribution in [-0.2, 0) is 0 Å². The highest BCUT2D eigenvalue weighted by molar-refractivity contribution is 5.54. The van der Waals surface area contributed by atoms with E-state index >= 15 is 0 Å². The van der Waals surface area contributed by atoms with Gasteiger partial charge in [0.1, 0.15) is 0 Å². The maximum absolute atomic E-state index is 4.16. The highest BCUT2D eigenvalue weighted by atomic mass is 15.1. The molecular formula is C15H17N. The Morgan fingerprint density at radius 1 is 1.19 bits per heavy atom. The molecule has 0 aromatic heterocycles. The van der Waals surface area contributed by atoms with Crippen molar-refractivity contribution in [2.75, 3.05) is 11.9 Å². The number of hydrogen-bond donors (Lipinski definition) is 0. The lowest BCUT2D eigenvalue weighted by Gasteiger charge is -2.31. The summed E-state index contributed by atoms with van der Waals surface area (Å²) in [4.78, 5) is 2.25. The van der Waals surface area contributed by atoms with Crippen LogP contribution >= 0.6 is 0 Å². The first-order chi connectivity index (χ1) is 7.70. The van der Waals surface area contributed by atoms with Crippen molar-refractivity contribution in [2.45, 2.75) is 13.0 Å². The van der Waals surface area contributed by atoms with Crippen molar-refractivity contribution in [1.29, 1.82) is 0 Å². The second-order valence-corrected chi connectivity index (χ2v) is 4.15. The molecule has 1 aliphatic carbocycles. The lowest BCUT2D eigenvalue weighted by atomic mass is 9.95. The number of rotatable bonds is 2. The van der Waals surface area contributed by atoms with Crippen molar-refractivity contribution in [3.05, 3.63) is 66.3 Å². The summed E-state index contributed by atoms with van der Waals surface area (Å²) in [5.74, 6) is 0. The first-order valence-electron chi connectivity index (χ1n) is 5.52. The van der Waals surface area contributed by atoms with Gasteiger partial charge in [0.2, 0.25) is 0 Å². The zero-order valence-electron chi connectivity index (χ0n) is 9.85. The Labute approximate surface area is 97.4 Å². The van der Waals surface area contributed by atoms with Gasteiger partial charge in [-0.05, 0) is 30.2 Å². The van der Waals surface area contributed by atoms with Gasteiger partial charge in [-0.2, -0.15) is 0 Å². The van der Waals surface area contributed by atoms with Crippen molar-refractivity contribution < 1.29 is 0 Å². The smallest absolute Gasteiger partial charge is 0.0723 e. The van der Waals surface area contributed by atoms with Crippen LogP contribution in [0.2, 0.25) is 0 Å². The summed E-state index contributed by atoms with van der Waals surface area (Å²) in [5.41, 5.74) is 3.65. The van der Waals surface area contributed by atoms with Gasteiger partial charge < -0.3 is 4.90 Å². The summed E-state index contributed by atoms with van der Waals surface area (Å²) in [5, 5.41) is 0. The molecule has 1 heteroatoms.